The third-order valence-electron chi connectivity index (χ3n) is 5.16. The summed E-state index contributed by atoms with van der Waals surface area (Å²) < 4.78 is 35.9. The monoisotopic (exact) mass is 489 g/mol. The van der Waals surface area contributed by atoms with Crippen molar-refractivity contribution in [2.24, 2.45) is 4.99 Å². The number of hydrogen-bond acceptors (Lipinski definition) is 5. The van der Waals surface area contributed by atoms with Crippen LogP contribution in [0.3, 0.4) is 0 Å². The summed E-state index contributed by atoms with van der Waals surface area (Å²) in [6, 6.07) is 11.9. The van der Waals surface area contributed by atoms with E-state index in [1.165, 1.54) is 39.9 Å². The molecule has 0 aliphatic heterocycles. The molecular formula is C24H31N3O4S2. The number of nitrogens with zero attached hydrogens (tertiary/aromatic N) is 3. The number of hydrogen-bond donors (Lipinski definition) is 0. The number of thiazole rings is 1. The van der Waals surface area contributed by atoms with Crippen LogP contribution in [0.2, 0.25) is 0 Å². The van der Waals surface area contributed by atoms with E-state index in [4.69, 9.17) is 4.74 Å². The number of carbonyl (C=O) groups excluding carboxylic acids is 1. The Balaban J connectivity index is 1.92. The van der Waals surface area contributed by atoms with E-state index in [0.29, 0.717) is 36.6 Å². The lowest BCUT2D eigenvalue weighted by Crippen LogP contribution is -2.32. The van der Waals surface area contributed by atoms with Gasteiger partial charge in [0.1, 0.15) is 5.75 Å². The van der Waals surface area contributed by atoms with Crippen molar-refractivity contribution >= 4 is 37.5 Å². The second kappa shape index (κ2) is 11.1. The molecule has 0 radical (unpaired) electrons. The van der Waals surface area contributed by atoms with E-state index in [1.807, 2.05) is 50.5 Å². The molecule has 0 aliphatic carbocycles. The zero-order chi connectivity index (χ0) is 24.0. The van der Waals surface area contributed by atoms with Crippen molar-refractivity contribution in [1.29, 1.82) is 0 Å². The topological polar surface area (TPSA) is 81.0 Å². The van der Waals surface area contributed by atoms with Crippen molar-refractivity contribution in [3.63, 3.8) is 0 Å². The van der Waals surface area contributed by atoms with Crippen LogP contribution in [0.25, 0.3) is 10.2 Å². The maximum atomic E-state index is 12.9. The Bertz CT molecular complexity index is 1270. The molecular weight excluding hydrogens is 458 g/mol. The van der Waals surface area contributed by atoms with E-state index in [0.717, 1.165) is 28.8 Å². The number of amides is 1. The van der Waals surface area contributed by atoms with Gasteiger partial charge in [0.2, 0.25) is 10.0 Å². The van der Waals surface area contributed by atoms with Gasteiger partial charge in [0.05, 0.1) is 21.7 Å². The van der Waals surface area contributed by atoms with Crippen LogP contribution in [0.4, 0.5) is 0 Å². The van der Waals surface area contributed by atoms with Gasteiger partial charge in [-0.05, 0) is 69.2 Å². The van der Waals surface area contributed by atoms with Crippen LogP contribution < -0.4 is 9.54 Å². The van der Waals surface area contributed by atoms with Gasteiger partial charge in [-0.1, -0.05) is 25.2 Å². The average Bonchev–Trinajstić information content (AvgIpc) is 3.15. The molecule has 178 valence electrons. The molecule has 0 saturated heterocycles. The number of benzene rings is 2. The van der Waals surface area contributed by atoms with Crippen molar-refractivity contribution in [3.05, 3.63) is 52.8 Å². The molecule has 3 rings (SSSR count). The Hall–Kier alpha value is -2.49. The SMILES string of the molecule is CCCN(CCC)S(=O)(=O)c1ccc(C(=O)N=c2sc3cc(OCC)ccc3n2CC)cc1. The zero-order valence-corrected chi connectivity index (χ0v) is 21.2. The number of fused-ring (bicyclic) bond motifs is 1. The molecule has 0 fully saturated rings. The molecule has 0 unspecified atom stereocenters. The lowest BCUT2D eigenvalue weighted by atomic mass is 10.2. The predicted molar refractivity (Wildman–Crippen MR) is 132 cm³/mol. The Morgan fingerprint density at radius 1 is 1.03 bits per heavy atom. The number of sulfonamides is 1. The molecule has 2 aromatic carbocycles. The maximum Gasteiger partial charge on any atom is 0.279 e. The van der Waals surface area contributed by atoms with Crippen molar-refractivity contribution in [2.75, 3.05) is 19.7 Å². The Morgan fingerprint density at radius 2 is 1.70 bits per heavy atom. The summed E-state index contributed by atoms with van der Waals surface area (Å²) in [6.07, 6.45) is 1.49. The fourth-order valence-corrected chi connectivity index (χ4v) is 6.37. The lowest BCUT2D eigenvalue weighted by Gasteiger charge is -2.21. The number of aromatic nitrogens is 1. The van der Waals surface area contributed by atoms with E-state index >= 15 is 0 Å². The molecule has 3 aromatic rings. The summed E-state index contributed by atoms with van der Waals surface area (Å²) in [7, 11) is -3.59. The summed E-state index contributed by atoms with van der Waals surface area (Å²) in [5, 5.41) is 0. The van der Waals surface area contributed by atoms with E-state index < -0.39 is 15.9 Å². The Labute approximate surface area is 199 Å². The van der Waals surface area contributed by atoms with Crippen molar-refractivity contribution in [1.82, 2.24) is 8.87 Å². The summed E-state index contributed by atoms with van der Waals surface area (Å²) in [5.41, 5.74) is 1.34. The molecule has 33 heavy (non-hydrogen) atoms. The summed E-state index contributed by atoms with van der Waals surface area (Å²) in [6.45, 7) is 10.0. The van der Waals surface area contributed by atoms with Gasteiger partial charge in [0.15, 0.2) is 4.80 Å². The van der Waals surface area contributed by atoms with Gasteiger partial charge in [0, 0.05) is 25.2 Å². The number of ether oxygens (including phenoxy) is 1. The first kappa shape index (κ1) is 25.1. The highest BCUT2D eigenvalue weighted by atomic mass is 32.2. The highest BCUT2D eigenvalue weighted by Gasteiger charge is 2.23. The summed E-state index contributed by atoms with van der Waals surface area (Å²) in [4.78, 5) is 18.0. The standard InChI is InChI=1S/C24H31N3O4S2/c1-5-15-26(16-6-2)33(29,30)20-12-9-18(10-13-20)23(28)25-24-27(7-3)21-14-11-19(31-8-4)17-22(21)32-24/h9-14,17H,5-8,15-16H2,1-4H3. The first-order chi connectivity index (χ1) is 15.8. The minimum absolute atomic E-state index is 0.190. The lowest BCUT2D eigenvalue weighted by molar-refractivity contribution is 0.0997. The summed E-state index contributed by atoms with van der Waals surface area (Å²) in [5.74, 6) is 0.376. The van der Waals surface area contributed by atoms with E-state index in [-0.39, 0.29) is 4.90 Å². The molecule has 0 N–H and O–H groups in total. The van der Waals surface area contributed by atoms with Crippen LogP contribution >= 0.6 is 11.3 Å². The van der Waals surface area contributed by atoms with E-state index in [2.05, 4.69) is 4.99 Å². The van der Waals surface area contributed by atoms with Gasteiger partial charge >= 0.3 is 0 Å². The zero-order valence-electron chi connectivity index (χ0n) is 19.6. The number of aryl methyl sites for hydroxylation is 1. The smallest absolute Gasteiger partial charge is 0.279 e. The molecule has 1 heterocycles. The third-order valence-corrected chi connectivity index (χ3v) is 8.12. The average molecular weight is 490 g/mol. The van der Waals surface area contributed by atoms with Crippen LogP contribution in [0.15, 0.2) is 52.4 Å². The van der Waals surface area contributed by atoms with Gasteiger partial charge in [0.25, 0.3) is 5.91 Å². The molecule has 0 bridgehead atoms. The highest BCUT2D eigenvalue weighted by Crippen LogP contribution is 2.24. The van der Waals surface area contributed by atoms with Gasteiger partial charge in [-0.3, -0.25) is 4.79 Å². The molecule has 9 heteroatoms. The van der Waals surface area contributed by atoms with Gasteiger partial charge in [-0.15, -0.1) is 0 Å². The van der Waals surface area contributed by atoms with Crippen molar-refractivity contribution in [2.45, 2.75) is 52.0 Å². The molecule has 0 spiro atoms. The van der Waals surface area contributed by atoms with Crippen molar-refractivity contribution < 1.29 is 17.9 Å². The quantitative estimate of drug-likeness (QED) is 0.414. The molecule has 0 aliphatic rings. The van der Waals surface area contributed by atoms with E-state index in [9.17, 15) is 13.2 Å². The van der Waals surface area contributed by atoms with Crippen LogP contribution in [0.1, 0.15) is 50.9 Å². The normalized spacial score (nSPS) is 12.6. The molecule has 1 aromatic heterocycles. The van der Waals surface area contributed by atoms with Gasteiger partial charge < -0.3 is 9.30 Å². The predicted octanol–water partition coefficient (Wildman–Crippen LogP) is 4.67. The van der Waals surface area contributed by atoms with Crippen LogP contribution in [0.5, 0.6) is 5.75 Å². The van der Waals surface area contributed by atoms with E-state index in [1.54, 1.807) is 0 Å². The largest absolute Gasteiger partial charge is 0.494 e. The maximum absolute atomic E-state index is 12.9. The van der Waals surface area contributed by atoms with Crippen LogP contribution in [0, 0.1) is 0 Å². The Morgan fingerprint density at radius 3 is 2.27 bits per heavy atom. The first-order valence-corrected chi connectivity index (χ1v) is 13.6. The molecule has 0 saturated carbocycles. The van der Waals surface area contributed by atoms with Crippen LogP contribution in [-0.2, 0) is 16.6 Å². The van der Waals surface area contributed by atoms with Gasteiger partial charge in [-0.2, -0.15) is 9.30 Å². The first-order valence-electron chi connectivity index (χ1n) is 11.3. The highest BCUT2D eigenvalue weighted by molar-refractivity contribution is 7.89. The summed E-state index contributed by atoms with van der Waals surface area (Å²) >= 11 is 1.43. The van der Waals surface area contributed by atoms with Crippen LogP contribution in [-0.4, -0.2) is 42.9 Å². The molecule has 1 amide bonds. The van der Waals surface area contributed by atoms with Crippen molar-refractivity contribution in [3.8, 4) is 5.75 Å². The second-order valence-electron chi connectivity index (χ2n) is 7.54. The second-order valence-corrected chi connectivity index (χ2v) is 10.5. The minimum atomic E-state index is -3.59. The number of rotatable bonds is 10. The Kier molecular flexibility index (Phi) is 8.45. The minimum Gasteiger partial charge on any atom is -0.494 e. The van der Waals surface area contributed by atoms with Gasteiger partial charge in [-0.25, -0.2) is 8.42 Å². The molecule has 7 nitrogen and oxygen atoms in total. The number of carbonyl (C=O) groups is 1. The third kappa shape index (κ3) is 5.54. The fourth-order valence-electron chi connectivity index (χ4n) is 3.62. The molecule has 0 atom stereocenters. The fraction of sp³-hybridized carbons (Fsp3) is 0.417.